The Morgan fingerprint density at radius 2 is 1.63 bits per heavy atom. The number of hydrogen-bond donors (Lipinski definition) is 1. The van der Waals surface area contributed by atoms with Gasteiger partial charge in [-0.05, 0) is 75.6 Å². The molecule has 3 aromatic rings. The van der Waals surface area contributed by atoms with Crippen molar-refractivity contribution < 1.29 is 9.53 Å². The molecule has 0 saturated heterocycles. The molecule has 140 valence electrons. The van der Waals surface area contributed by atoms with Gasteiger partial charge in [-0.2, -0.15) is 0 Å². The predicted octanol–water partition coefficient (Wildman–Crippen LogP) is 5.25. The van der Waals surface area contributed by atoms with Crippen LogP contribution in [0.25, 0.3) is 11.0 Å². The number of carbonyl (C=O) groups excluding carboxylic acids is 1. The van der Waals surface area contributed by atoms with Gasteiger partial charge in [-0.1, -0.05) is 17.7 Å². The summed E-state index contributed by atoms with van der Waals surface area (Å²) in [5, 5.41) is 3.41. The zero-order chi connectivity index (χ0) is 19.7. The number of aromatic nitrogens is 2. The largest absolute Gasteiger partial charge is 0.473 e. The van der Waals surface area contributed by atoms with Crippen LogP contribution >= 0.6 is 11.6 Å². The molecule has 0 aliphatic heterocycles. The molecular formula is C21H22ClN3O2. The lowest BCUT2D eigenvalue weighted by Gasteiger charge is -2.15. The first-order chi connectivity index (χ1) is 12.7. The van der Waals surface area contributed by atoms with E-state index in [2.05, 4.69) is 15.3 Å². The van der Waals surface area contributed by atoms with Gasteiger partial charge in [-0.25, -0.2) is 9.97 Å². The number of carbonyl (C=O) groups is 1. The molecule has 1 N–H and O–H groups in total. The highest BCUT2D eigenvalue weighted by atomic mass is 35.5. The number of rotatable bonds is 4. The van der Waals surface area contributed by atoms with Crippen molar-refractivity contribution in [3.05, 3.63) is 57.7 Å². The summed E-state index contributed by atoms with van der Waals surface area (Å²) in [7, 11) is 0. The third kappa shape index (κ3) is 4.19. The van der Waals surface area contributed by atoms with E-state index in [1.807, 2.05) is 52.8 Å². The van der Waals surface area contributed by atoms with Crippen LogP contribution in [0.2, 0.25) is 5.02 Å². The molecule has 0 aliphatic rings. The Labute approximate surface area is 163 Å². The van der Waals surface area contributed by atoms with Crippen molar-refractivity contribution in [3.8, 4) is 5.88 Å². The number of nitrogens with one attached hydrogen (secondary N) is 1. The van der Waals surface area contributed by atoms with E-state index in [-0.39, 0.29) is 23.6 Å². The number of aryl methyl sites for hydroxylation is 3. The second-order valence-electron chi connectivity index (χ2n) is 6.88. The zero-order valence-corrected chi connectivity index (χ0v) is 16.8. The van der Waals surface area contributed by atoms with Gasteiger partial charge < -0.3 is 10.1 Å². The fourth-order valence-corrected chi connectivity index (χ4v) is 2.83. The fourth-order valence-electron chi connectivity index (χ4n) is 2.66. The first-order valence-corrected chi connectivity index (χ1v) is 9.15. The summed E-state index contributed by atoms with van der Waals surface area (Å²) in [6, 6.07) is 9.22. The van der Waals surface area contributed by atoms with Crippen LogP contribution in [0, 0.1) is 20.8 Å². The standard InChI is InChI=1S/C21H22ClN3O2/c1-11(2)27-21-19(20(26)24-16-10-15(22)7-6-12(16)3)23-17-8-13(4)14(5)9-18(17)25-21/h6-11H,1-5H3,(H,24,26). The van der Waals surface area contributed by atoms with Gasteiger partial charge in [-0.3, -0.25) is 4.79 Å². The van der Waals surface area contributed by atoms with Gasteiger partial charge in [0.2, 0.25) is 5.88 Å². The first-order valence-electron chi connectivity index (χ1n) is 8.77. The van der Waals surface area contributed by atoms with Crippen molar-refractivity contribution in [2.45, 2.75) is 40.7 Å². The van der Waals surface area contributed by atoms with Gasteiger partial charge >= 0.3 is 0 Å². The average molecular weight is 384 g/mol. The number of ether oxygens (including phenoxy) is 1. The average Bonchev–Trinajstić information content (AvgIpc) is 2.58. The molecule has 0 bridgehead atoms. The number of amides is 1. The van der Waals surface area contributed by atoms with Gasteiger partial charge in [0.1, 0.15) is 0 Å². The van der Waals surface area contributed by atoms with E-state index in [4.69, 9.17) is 16.3 Å². The normalized spacial score (nSPS) is 11.1. The molecule has 1 heterocycles. The topological polar surface area (TPSA) is 64.1 Å². The summed E-state index contributed by atoms with van der Waals surface area (Å²) in [5.74, 6) is -0.165. The molecule has 1 aromatic heterocycles. The van der Waals surface area contributed by atoms with E-state index in [0.717, 1.165) is 16.7 Å². The molecule has 0 unspecified atom stereocenters. The number of anilines is 1. The minimum atomic E-state index is -0.386. The van der Waals surface area contributed by atoms with Gasteiger partial charge in [0, 0.05) is 10.7 Å². The number of halogens is 1. The minimum absolute atomic E-state index is 0.136. The van der Waals surface area contributed by atoms with E-state index in [0.29, 0.717) is 21.7 Å². The Morgan fingerprint density at radius 1 is 1.00 bits per heavy atom. The van der Waals surface area contributed by atoms with Crippen molar-refractivity contribution in [2.75, 3.05) is 5.32 Å². The van der Waals surface area contributed by atoms with Crippen LogP contribution < -0.4 is 10.1 Å². The SMILES string of the molecule is Cc1cc2nc(OC(C)C)c(C(=O)Nc3cc(Cl)ccc3C)nc2cc1C. The predicted molar refractivity (Wildman–Crippen MR) is 109 cm³/mol. The third-order valence-electron chi connectivity index (χ3n) is 4.26. The van der Waals surface area contributed by atoms with Gasteiger partial charge in [0.15, 0.2) is 5.69 Å². The van der Waals surface area contributed by atoms with Crippen LogP contribution in [-0.4, -0.2) is 22.0 Å². The van der Waals surface area contributed by atoms with Crippen molar-refractivity contribution in [1.82, 2.24) is 9.97 Å². The molecule has 0 fully saturated rings. The molecule has 3 rings (SSSR count). The van der Waals surface area contributed by atoms with Gasteiger partial charge in [-0.15, -0.1) is 0 Å². The van der Waals surface area contributed by atoms with Crippen LogP contribution in [0.15, 0.2) is 30.3 Å². The summed E-state index contributed by atoms with van der Waals surface area (Å²) in [5.41, 5.74) is 5.24. The summed E-state index contributed by atoms with van der Waals surface area (Å²) in [4.78, 5) is 22.0. The minimum Gasteiger partial charge on any atom is -0.473 e. The van der Waals surface area contributed by atoms with Crippen molar-refractivity contribution >= 4 is 34.2 Å². The number of benzene rings is 2. The van der Waals surface area contributed by atoms with Crippen molar-refractivity contribution in [2.24, 2.45) is 0 Å². The Hall–Kier alpha value is -2.66. The van der Waals surface area contributed by atoms with Crippen LogP contribution in [0.4, 0.5) is 5.69 Å². The van der Waals surface area contributed by atoms with Crippen molar-refractivity contribution in [3.63, 3.8) is 0 Å². The highest BCUT2D eigenvalue weighted by molar-refractivity contribution is 6.31. The third-order valence-corrected chi connectivity index (χ3v) is 4.49. The van der Waals surface area contributed by atoms with E-state index in [9.17, 15) is 4.79 Å². The lowest BCUT2D eigenvalue weighted by molar-refractivity contribution is 0.101. The number of nitrogens with zero attached hydrogens (tertiary/aromatic N) is 2. The summed E-state index contributed by atoms with van der Waals surface area (Å²) >= 11 is 6.05. The van der Waals surface area contributed by atoms with Crippen LogP contribution in [0.1, 0.15) is 41.0 Å². The Morgan fingerprint density at radius 3 is 2.26 bits per heavy atom. The lowest BCUT2D eigenvalue weighted by atomic mass is 10.1. The first kappa shape index (κ1) is 19.1. The quantitative estimate of drug-likeness (QED) is 0.668. The molecule has 0 aliphatic carbocycles. The summed E-state index contributed by atoms with van der Waals surface area (Å²) in [6.45, 7) is 9.69. The zero-order valence-electron chi connectivity index (χ0n) is 16.1. The Bertz CT molecular complexity index is 1030. The smallest absolute Gasteiger partial charge is 0.279 e. The highest BCUT2D eigenvalue weighted by Crippen LogP contribution is 2.25. The van der Waals surface area contributed by atoms with Crippen molar-refractivity contribution in [1.29, 1.82) is 0 Å². The molecule has 2 aromatic carbocycles. The molecule has 5 nitrogen and oxygen atoms in total. The molecule has 27 heavy (non-hydrogen) atoms. The van der Waals surface area contributed by atoms with E-state index in [1.54, 1.807) is 12.1 Å². The second kappa shape index (κ2) is 7.53. The van der Waals surface area contributed by atoms with Gasteiger partial charge in [0.25, 0.3) is 5.91 Å². The van der Waals surface area contributed by atoms with Crippen LogP contribution in [0.5, 0.6) is 5.88 Å². The number of hydrogen-bond acceptors (Lipinski definition) is 4. The molecule has 0 atom stereocenters. The maximum Gasteiger partial charge on any atom is 0.279 e. The monoisotopic (exact) mass is 383 g/mol. The highest BCUT2D eigenvalue weighted by Gasteiger charge is 2.20. The van der Waals surface area contributed by atoms with E-state index in [1.165, 1.54) is 0 Å². The Balaban J connectivity index is 2.08. The molecule has 6 heteroatoms. The maximum absolute atomic E-state index is 12.9. The number of fused-ring (bicyclic) bond motifs is 1. The van der Waals surface area contributed by atoms with Crippen LogP contribution in [0.3, 0.4) is 0 Å². The summed E-state index contributed by atoms with van der Waals surface area (Å²) < 4.78 is 5.78. The Kier molecular flexibility index (Phi) is 5.33. The summed E-state index contributed by atoms with van der Waals surface area (Å²) in [6.07, 6.45) is -0.136. The molecular weight excluding hydrogens is 362 g/mol. The second-order valence-corrected chi connectivity index (χ2v) is 7.32. The fraction of sp³-hybridized carbons (Fsp3) is 0.286. The molecule has 1 amide bonds. The molecule has 0 radical (unpaired) electrons. The van der Waals surface area contributed by atoms with E-state index >= 15 is 0 Å². The van der Waals surface area contributed by atoms with E-state index < -0.39 is 0 Å². The molecule has 0 saturated carbocycles. The maximum atomic E-state index is 12.9. The molecule has 0 spiro atoms. The van der Waals surface area contributed by atoms with Gasteiger partial charge in [0.05, 0.1) is 17.1 Å². The van der Waals surface area contributed by atoms with Crippen LogP contribution in [-0.2, 0) is 0 Å². The lowest BCUT2D eigenvalue weighted by Crippen LogP contribution is -2.19.